The van der Waals surface area contributed by atoms with E-state index in [1.807, 2.05) is 38.1 Å². The van der Waals surface area contributed by atoms with Gasteiger partial charge >= 0.3 is 0 Å². The maximum atomic E-state index is 12.9. The molecule has 0 aliphatic carbocycles. The van der Waals surface area contributed by atoms with Gasteiger partial charge in [0, 0.05) is 24.3 Å². The zero-order valence-electron chi connectivity index (χ0n) is 17.1. The first kappa shape index (κ1) is 21.5. The van der Waals surface area contributed by atoms with E-state index < -0.39 is 10.0 Å². The van der Waals surface area contributed by atoms with Crippen molar-refractivity contribution >= 4 is 21.6 Å². The lowest BCUT2D eigenvalue weighted by atomic mass is 10.1. The fraction of sp³-hybridized carbons (Fsp3) is 0.409. The summed E-state index contributed by atoms with van der Waals surface area (Å²) in [5.74, 6) is -0.272. The van der Waals surface area contributed by atoms with Gasteiger partial charge in [0.15, 0.2) is 0 Å². The van der Waals surface area contributed by atoms with E-state index in [9.17, 15) is 13.2 Å². The van der Waals surface area contributed by atoms with Crippen molar-refractivity contribution in [1.82, 2.24) is 4.31 Å². The molecular weight excluding hydrogens is 388 g/mol. The third-order valence-electron chi connectivity index (χ3n) is 4.89. The molecule has 0 bridgehead atoms. The highest BCUT2D eigenvalue weighted by atomic mass is 32.2. The normalized spacial score (nSPS) is 20.4. The fourth-order valence-electron chi connectivity index (χ4n) is 3.50. The van der Waals surface area contributed by atoms with Crippen LogP contribution in [0.25, 0.3) is 0 Å². The molecule has 6 nitrogen and oxygen atoms in total. The maximum absolute atomic E-state index is 12.9. The van der Waals surface area contributed by atoms with E-state index in [0.29, 0.717) is 24.3 Å². The van der Waals surface area contributed by atoms with Gasteiger partial charge in [-0.3, -0.25) is 4.79 Å². The highest BCUT2D eigenvalue weighted by molar-refractivity contribution is 7.89. The van der Waals surface area contributed by atoms with Crippen LogP contribution in [0, 0.1) is 0 Å². The molecule has 1 N–H and O–H groups in total. The van der Waals surface area contributed by atoms with E-state index in [2.05, 4.69) is 12.2 Å². The molecule has 2 atom stereocenters. The average Bonchev–Trinajstić information content (AvgIpc) is 2.69. The van der Waals surface area contributed by atoms with Crippen LogP contribution in [0.3, 0.4) is 0 Å². The predicted octanol–water partition coefficient (Wildman–Crippen LogP) is 3.69. The van der Waals surface area contributed by atoms with Crippen LogP contribution in [-0.2, 0) is 21.2 Å². The fourth-order valence-corrected chi connectivity index (χ4v) is 5.09. The van der Waals surface area contributed by atoms with Gasteiger partial charge in [0.05, 0.1) is 17.1 Å². The summed E-state index contributed by atoms with van der Waals surface area (Å²) < 4.78 is 32.9. The molecular formula is C22H28N2O4S. The topological polar surface area (TPSA) is 75.7 Å². The van der Waals surface area contributed by atoms with Crippen molar-refractivity contribution in [2.75, 3.05) is 18.4 Å². The number of hydrogen-bond acceptors (Lipinski definition) is 4. The minimum Gasteiger partial charge on any atom is -0.373 e. The summed E-state index contributed by atoms with van der Waals surface area (Å²) in [6.07, 6.45) is 1.78. The van der Waals surface area contributed by atoms with Crippen molar-refractivity contribution in [3.05, 3.63) is 59.7 Å². The Morgan fingerprint density at radius 3 is 2.17 bits per heavy atom. The van der Waals surface area contributed by atoms with Crippen LogP contribution in [-0.4, -0.2) is 43.9 Å². The number of carbonyl (C=O) groups excluding carboxylic acids is 1. The SMILES string of the molecule is CCCc1ccc(NC(=O)c2ccc(S(=O)(=O)N3CC(C)OC(C)C3)cc2)cc1. The third kappa shape index (κ3) is 5.23. The number of benzene rings is 2. The van der Waals surface area contributed by atoms with Crippen LogP contribution in [0.5, 0.6) is 0 Å². The van der Waals surface area contributed by atoms with Gasteiger partial charge in [0.2, 0.25) is 10.0 Å². The second-order valence-corrected chi connectivity index (χ2v) is 9.44. The first-order valence-corrected chi connectivity index (χ1v) is 11.4. The Bertz CT molecular complexity index is 930. The Labute approximate surface area is 172 Å². The monoisotopic (exact) mass is 416 g/mol. The predicted molar refractivity (Wildman–Crippen MR) is 114 cm³/mol. The van der Waals surface area contributed by atoms with Crippen molar-refractivity contribution in [1.29, 1.82) is 0 Å². The molecule has 2 aromatic carbocycles. The van der Waals surface area contributed by atoms with Gasteiger partial charge in [-0.25, -0.2) is 8.42 Å². The molecule has 29 heavy (non-hydrogen) atoms. The number of hydrogen-bond donors (Lipinski definition) is 1. The number of sulfonamides is 1. The summed E-state index contributed by atoms with van der Waals surface area (Å²) in [5.41, 5.74) is 2.35. The van der Waals surface area contributed by atoms with Gasteiger partial charge in [0.25, 0.3) is 5.91 Å². The highest BCUT2D eigenvalue weighted by Crippen LogP contribution is 2.22. The van der Waals surface area contributed by atoms with E-state index in [1.165, 1.54) is 22.0 Å². The van der Waals surface area contributed by atoms with E-state index in [4.69, 9.17) is 4.74 Å². The molecule has 2 aromatic rings. The first-order chi connectivity index (χ1) is 13.8. The highest BCUT2D eigenvalue weighted by Gasteiger charge is 2.32. The summed E-state index contributed by atoms with van der Waals surface area (Å²) in [6, 6.07) is 13.8. The van der Waals surface area contributed by atoms with Crippen molar-refractivity contribution in [2.24, 2.45) is 0 Å². The molecule has 1 amide bonds. The van der Waals surface area contributed by atoms with Crippen molar-refractivity contribution < 1.29 is 17.9 Å². The Hall–Kier alpha value is -2.22. The summed E-state index contributed by atoms with van der Waals surface area (Å²) >= 11 is 0. The van der Waals surface area contributed by atoms with Gasteiger partial charge in [-0.05, 0) is 62.2 Å². The molecule has 0 spiro atoms. The molecule has 156 valence electrons. The lowest BCUT2D eigenvalue weighted by Gasteiger charge is -2.34. The number of ether oxygens (including phenoxy) is 1. The number of rotatable bonds is 6. The smallest absolute Gasteiger partial charge is 0.255 e. The second kappa shape index (κ2) is 9.07. The minimum atomic E-state index is -3.62. The largest absolute Gasteiger partial charge is 0.373 e. The van der Waals surface area contributed by atoms with Gasteiger partial charge in [-0.1, -0.05) is 25.5 Å². The minimum absolute atomic E-state index is 0.151. The van der Waals surface area contributed by atoms with Crippen LogP contribution in [0.15, 0.2) is 53.4 Å². The lowest BCUT2D eigenvalue weighted by Crippen LogP contribution is -2.48. The lowest BCUT2D eigenvalue weighted by molar-refractivity contribution is -0.0440. The van der Waals surface area contributed by atoms with Crippen LogP contribution in [0.1, 0.15) is 43.1 Å². The van der Waals surface area contributed by atoms with Gasteiger partial charge in [0.1, 0.15) is 0 Å². The third-order valence-corrected chi connectivity index (χ3v) is 6.74. The van der Waals surface area contributed by atoms with Gasteiger partial charge < -0.3 is 10.1 Å². The number of nitrogens with zero attached hydrogens (tertiary/aromatic N) is 1. The molecule has 7 heteroatoms. The molecule has 1 fully saturated rings. The molecule has 2 unspecified atom stereocenters. The first-order valence-electron chi connectivity index (χ1n) is 9.95. The number of aryl methyl sites for hydroxylation is 1. The van der Waals surface area contributed by atoms with Gasteiger partial charge in [-0.2, -0.15) is 4.31 Å². The van der Waals surface area contributed by atoms with Crippen LogP contribution in [0.4, 0.5) is 5.69 Å². The van der Waals surface area contributed by atoms with Gasteiger partial charge in [-0.15, -0.1) is 0 Å². The Morgan fingerprint density at radius 2 is 1.62 bits per heavy atom. The zero-order valence-corrected chi connectivity index (χ0v) is 17.9. The number of amides is 1. The molecule has 1 aliphatic heterocycles. The van der Waals surface area contributed by atoms with Crippen LogP contribution >= 0.6 is 0 Å². The summed E-state index contributed by atoms with van der Waals surface area (Å²) in [6.45, 7) is 6.49. The van der Waals surface area contributed by atoms with E-state index >= 15 is 0 Å². The summed E-state index contributed by atoms with van der Waals surface area (Å²) in [7, 11) is -3.62. The van der Waals surface area contributed by atoms with E-state index in [1.54, 1.807) is 12.1 Å². The number of carbonyl (C=O) groups is 1. The number of morpholine rings is 1. The maximum Gasteiger partial charge on any atom is 0.255 e. The standard InChI is InChI=1S/C22H28N2O4S/c1-4-5-18-6-10-20(11-7-18)23-22(25)19-8-12-21(13-9-19)29(26,27)24-14-16(2)28-17(3)15-24/h6-13,16-17H,4-5,14-15H2,1-3H3,(H,23,25). The number of anilines is 1. The van der Waals surface area contributed by atoms with Crippen molar-refractivity contribution in [2.45, 2.75) is 50.7 Å². The Morgan fingerprint density at radius 1 is 1.03 bits per heavy atom. The summed E-state index contributed by atoms with van der Waals surface area (Å²) in [4.78, 5) is 12.7. The molecule has 0 radical (unpaired) electrons. The summed E-state index contributed by atoms with van der Waals surface area (Å²) in [5, 5.41) is 2.85. The van der Waals surface area contributed by atoms with E-state index in [-0.39, 0.29) is 23.0 Å². The van der Waals surface area contributed by atoms with Crippen LogP contribution < -0.4 is 5.32 Å². The Kier molecular flexibility index (Phi) is 6.72. The Balaban J connectivity index is 1.69. The van der Waals surface area contributed by atoms with Crippen LogP contribution in [0.2, 0.25) is 0 Å². The molecule has 3 rings (SSSR count). The average molecular weight is 417 g/mol. The van der Waals surface area contributed by atoms with Crippen molar-refractivity contribution in [3.63, 3.8) is 0 Å². The zero-order chi connectivity index (χ0) is 21.0. The molecule has 1 heterocycles. The number of nitrogens with one attached hydrogen (secondary N) is 1. The van der Waals surface area contributed by atoms with E-state index in [0.717, 1.165) is 12.8 Å². The van der Waals surface area contributed by atoms with Crippen molar-refractivity contribution in [3.8, 4) is 0 Å². The molecule has 1 saturated heterocycles. The molecule has 0 aromatic heterocycles. The second-order valence-electron chi connectivity index (χ2n) is 7.50. The molecule has 0 saturated carbocycles. The molecule has 1 aliphatic rings. The quantitative estimate of drug-likeness (QED) is 0.779.